The van der Waals surface area contributed by atoms with E-state index in [0.29, 0.717) is 17.5 Å². The summed E-state index contributed by atoms with van der Waals surface area (Å²) in [6, 6.07) is 0.973. The van der Waals surface area contributed by atoms with Gasteiger partial charge in [0.15, 0.2) is 0 Å². The number of hydrogen-bond acceptors (Lipinski definition) is 2. The molecule has 0 spiro atoms. The van der Waals surface area contributed by atoms with Crippen molar-refractivity contribution in [3.05, 3.63) is 0 Å². The van der Waals surface area contributed by atoms with Crippen molar-refractivity contribution in [1.82, 2.24) is 5.32 Å². The molecule has 114 valence electrons. The first-order valence-corrected chi connectivity index (χ1v) is 9.09. The smallest absolute Gasteiger partial charge is 0.0693 e. The Balaban J connectivity index is 1.46. The Bertz CT molecular complexity index is 331. The van der Waals surface area contributed by atoms with Crippen LogP contribution in [0.5, 0.6) is 0 Å². The molecular formula is C18H31NO. The van der Waals surface area contributed by atoms with Crippen LogP contribution in [0.1, 0.15) is 71.1 Å². The van der Waals surface area contributed by atoms with Gasteiger partial charge in [-0.3, -0.25) is 0 Å². The third-order valence-electron chi connectivity index (χ3n) is 7.20. The van der Waals surface area contributed by atoms with Crippen molar-refractivity contribution in [2.75, 3.05) is 0 Å². The highest BCUT2D eigenvalue weighted by molar-refractivity contribution is 5.05. The van der Waals surface area contributed by atoms with Gasteiger partial charge in [0.05, 0.1) is 6.10 Å². The van der Waals surface area contributed by atoms with Crippen LogP contribution in [0.3, 0.4) is 0 Å². The van der Waals surface area contributed by atoms with Gasteiger partial charge in [-0.1, -0.05) is 12.8 Å². The van der Waals surface area contributed by atoms with E-state index in [2.05, 4.69) is 12.2 Å². The lowest BCUT2D eigenvalue weighted by atomic mass is 9.48. The Kier molecular flexibility index (Phi) is 3.38. The van der Waals surface area contributed by atoms with Crippen LogP contribution in [0.15, 0.2) is 0 Å². The molecule has 5 saturated carbocycles. The zero-order valence-electron chi connectivity index (χ0n) is 13.0. The van der Waals surface area contributed by atoms with Gasteiger partial charge in [0.1, 0.15) is 0 Å². The van der Waals surface area contributed by atoms with Crippen LogP contribution in [-0.2, 0) is 0 Å². The lowest BCUT2D eigenvalue weighted by Crippen LogP contribution is -2.58. The summed E-state index contributed by atoms with van der Waals surface area (Å²) in [5.74, 6) is 3.09. The first-order chi connectivity index (χ1) is 9.64. The maximum Gasteiger partial charge on any atom is 0.0693 e. The molecule has 0 aromatic heterocycles. The molecule has 5 aliphatic rings. The van der Waals surface area contributed by atoms with Gasteiger partial charge in [-0.25, -0.2) is 0 Å². The monoisotopic (exact) mass is 277 g/mol. The zero-order chi connectivity index (χ0) is 13.7. The average Bonchev–Trinajstić information content (AvgIpc) is 2.40. The van der Waals surface area contributed by atoms with E-state index >= 15 is 0 Å². The molecule has 0 amide bonds. The molecule has 5 fully saturated rings. The summed E-state index contributed by atoms with van der Waals surface area (Å²) in [5.41, 5.74) is 0.575. The second kappa shape index (κ2) is 4.98. The Hall–Kier alpha value is -0.0800. The van der Waals surface area contributed by atoms with E-state index in [-0.39, 0.29) is 6.10 Å². The molecule has 5 rings (SSSR count). The minimum Gasteiger partial charge on any atom is -0.392 e. The lowest BCUT2D eigenvalue weighted by molar-refractivity contribution is -0.0759. The molecule has 3 atom stereocenters. The molecule has 2 N–H and O–H groups in total. The minimum absolute atomic E-state index is 0.0971. The summed E-state index contributed by atoms with van der Waals surface area (Å²) in [6.07, 6.45) is 13.6. The topological polar surface area (TPSA) is 32.3 Å². The van der Waals surface area contributed by atoms with E-state index < -0.39 is 0 Å². The Labute approximate surface area is 123 Å². The van der Waals surface area contributed by atoms with Crippen molar-refractivity contribution in [3.8, 4) is 0 Å². The van der Waals surface area contributed by atoms with E-state index in [1.165, 1.54) is 57.8 Å². The Morgan fingerprint density at radius 1 is 0.950 bits per heavy atom. The summed E-state index contributed by atoms with van der Waals surface area (Å²) in [6.45, 7) is 2.43. The first kappa shape index (κ1) is 13.6. The first-order valence-electron chi connectivity index (χ1n) is 9.09. The normalized spacial score (nSPS) is 52.2. The molecular weight excluding hydrogens is 246 g/mol. The summed E-state index contributed by atoms with van der Waals surface area (Å²) in [7, 11) is 0. The standard InChI is InChI=1S/C18H31NO/c1-12(19-16-4-2-3-5-17(16)20)18-9-13-6-14(10-18)8-15(7-13)11-18/h12-17,19-20H,2-11H2,1H3/t12?,13?,14?,15?,16-,17-,18?/m0/s1. The molecule has 0 heterocycles. The van der Waals surface area contributed by atoms with Gasteiger partial charge in [-0.15, -0.1) is 0 Å². The maximum atomic E-state index is 10.2. The third kappa shape index (κ3) is 2.23. The summed E-state index contributed by atoms with van der Waals surface area (Å²) in [5, 5.41) is 14.1. The molecule has 0 aromatic carbocycles. The van der Waals surface area contributed by atoms with Gasteiger partial charge in [0.25, 0.3) is 0 Å². The number of rotatable bonds is 3. The van der Waals surface area contributed by atoms with Crippen LogP contribution in [0.25, 0.3) is 0 Å². The summed E-state index contributed by atoms with van der Waals surface area (Å²) < 4.78 is 0. The average molecular weight is 277 g/mol. The zero-order valence-corrected chi connectivity index (χ0v) is 13.0. The number of aliphatic hydroxyl groups excluding tert-OH is 1. The maximum absolute atomic E-state index is 10.2. The largest absolute Gasteiger partial charge is 0.392 e. The van der Waals surface area contributed by atoms with Crippen molar-refractivity contribution >= 4 is 0 Å². The van der Waals surface area contributed by atoms with Crippen molar-refractivity contribution < 1.29 is 5.11 Å². The predicted octanol–water partition coefficient (Wildman–Crippen LogP) is 3.48. The van der Waals surface area contributed by atoms with Crippen LogP contribution in [0.4, 0.5) is 0 Å². The van der Waals surface area contributed by atoms with E-state index in [0.717, 1.165) is 24.2 Å². The molecule has 0 aliphatic heterocycles. The van der Waals surface area contributed by atoms with Crippen molar-refractivity contribution in [2.45, 2.75) is 89.3 Å². The molecule has 20 heavy (non-hydrogen) atoms. The molecule has 1 unspecified atom stereocenters. The van der Waals surface area contributed by atoms with Crippen molar-refractivity contribution in [2.24, 2.45) is 23.2 Å². The van der Waals surface area contributed by atoms with Crippen LogP contribution >= 0.6 is 0 Å². The SMILES string of the molecule is CC(N[C@H]1CCCC[C@@H]1O)C12CC3CC(CC(C3)C1)C2. The van der Waals surface area contributed by atoms with Gasteiger partial charge in [-0.05, 0) is 81.5 Å². The van der Waals surface area contributed by atoms with Gasteiger partial charge in [0, 0.05) is 12.1 Å². The lowest BCUT2D eigenvalue weighted by Gasteiger charge is -2.59. The van der Waals surface area contributed by atoms with Crippen LogP contribution in [0.2, 0.25) is 0 Å². The van der Waals surface area contributed by atoms with Gasteiger partial charge >= 0.3 is 0 Å². The van der Waals surface area contributed by atoms with Crippen LogP contribution in [0, 0.1) is 23.2 Å². The molecule has 4 bridgehead atoms. The molecule has 0 aromatic rings. The van der Waals surface area contributed by atoms with E-state index in [9.17, 15) is 5.11 Å². The van der Waals surface area contributed by atoms with E-state index in [4.69, 9.17) is 0 Å². The Morgan fingerprint density at radius 3 is 2.05 bits per heavy atom. The number of nitrogens with one attached hydrogen (secondary N) is 1. The summed E-state index contributed by atoms with van der Waals surface area (Å²) >= 11 is 0. The number of aliphatic hydroxyl groups is 1. The van der Waals surface area contributed by atoms with Crippen LogP contribution < -0.4 is 5.32 Å². The Morgan fingerprint density at radius 2 is 1.50 bits per heavy atom. The van der Waals surface area contributed by atoms with Gasteiger partial charge < -0.3 is 10.4 Å². The number of hydrogen-bond donors (Lipinski definition) is 2. The fraction of sp³-hybridized carbons (Fsp3) is 1.00. The minimum atomic E-state index is -0.0971. The molecule has 0 saturated heterocycles. The summed E-state index contributed by atoms with van der Waals surface area (Å²) in [4.78, 5) is 0. The molecule has 5 aliphatic carbocycles. The highest BCUT2D eigenvalue weighted by Crippen LogP contribution is 2.61. The highest BCUT2D eigenvalue weighted by atomic mass is 16.3. The van der Waals surface area contributed by atoms with Crippen molar-refractivity contribution in [1.29, 1.82) is 0 Å². The predicted molar refractivity (Wildman–Crippen MR) is 81.5 cm³/mol. The molecule has 2 heteroatoms. The highest BCUT2D eigenvalue weighted by Gasteiger charge is 2.53. The van der Waals surface area contributed by atoms with Crippen LogP contribution in [-0.4, -0.2) is 23.3 Å². The fourth-order valence-electron chi connectivity index (χ4n) is 6.51. The quantitative estimate of drug-likeness (QED) is 0.827. The third-order valence-corrected chi connectivity index (χ3v) is 7.20. The fourth-order valence-corrected chi connectivity index (χ4v) is 6.51. The van der Waals surface area contributed by atoms with Gasteiger partial charge in [-0.2, -0.15) is 0 Å². The van der Waals surface area contributed by atoms with E-state index in [1.54, 1.807) is 0 Å². The second-order valence-electron chi connectivity index (χ2n) is 8.63. The molecule has 2 nitrogen and oxygen atoms in total. The second-order valence-corrected chi connectivity index (χ2v) is 8.63. The molecule has 0 radical (unpaired) electrons. The van der Waals surface area contributed by atoms with Gasteiger partial charge in [0.2, 0.25) is 0 Å². The van der Waals surface area contributed by atoms with E-state index in [1.807, 2.05) is 0 Å². The van der Waals surface area contributed by atoms with Crippen molar-refractivity contribution in [3.63, 3.8) is 0 Å².